The molecule has 4 rings (SSSR count). The topological polar surface area (TPSA) is 52.8 Å². The standard InChI is InChI=1S/C20H13F3N4O/c21-20(22,23)28-18-5-1-3-15(11-18)14-6-8-17(9-7-14)27-13-19(25-26-27)16-4-2-10-24-12-16/h1-13H. The summed E-state index contributed by atoms with van der Waals surface area (Å²) < 4.78 is 42.8. The van der Waals surface area contributed by atoms with Gasteiger partial charge in [-0.1, -0.05) is 29.5 Å². The molecule has 0 aliphatic heterocycles. The van der Waals surface area contributed by atoms with Crippen molar-refractivity contribution < 1.29 is 17.9 Å². The smallest absolute Gasteiger partial charge is 0.406 e. The van der Waals surface area contributed by atoms with Crippen LogP contribution in [0.15, 0.2) is 79.3 Å². The summed E-state index contributed by atoms with van der Waals surface area (Å²) in [7, 11) is 0. The zero-order valence-electron chi connectivity index (χ0n) is 14.3. The van der Waals surface area contributed by atoms with Gasteiger partial charge in [0.1, 0.15) is 11.4 Å². The van der Waals surface area contributed by atoms with Crippen molar-refractivity contribution in [3.05, 3.63) is 79.3 Å². The molecule has 2 heterocycles. The van der Waals surface area contributed by atoms with Crippen molar-refractivity contribution in [2.24, 2.45) is 0 Å². The van der Waals surface area contributed by atoms with Gasteiger partial charge in [-0.15, -0.1) is 18.3 Å². The average molecular weight is 382 g/mol. The van der Waals surface area contributed by atoms with Gasteiger partial charge in [-0.2, -0.15) is 0 Å². The number of hydrogen-bond acceptors (Lipinski definition) is 4. The summed E-state index contributed by atoms with van der Waals surface area (Å²) in [6.07, 6.45) is 0.445. The molecule has 8 heteroatoms. The minimum atomic E-state index is -4.72. The number of ether oxygens (including phenoxy) is 1. The largest absolute Gasteiger partial charge is 0.573 e. The minimum Gasteiger partial charge on any atom is -0.406 e. The molecule has 0 amide bonds. The van der Waals surface area contributed by atoms with Gasteiger partial charge in [0.25, 0.3) is 0 Å². The van der Waals surface area contributed by atoms with E-state index in [1.54, 1.807) is 41.5 Å². The second-order valence-electron chi connectivity index (χ2n) is 5.91. The zero-order valence-corrected chi connectivity index (χ0v) is 14.3. The third kappa shape index (κ3) is 4.01. The Hall–Kier alpha value is -3.68. The van der Waals surface area contributed by atoms with Crippen LogP contribution in [0.25, 0.3) is 28.1 Å². The number of hydrogen-bond donors (Lipinski definition) is 0. The molecule has 0 fully saturated rings. The fourth-order valence-electron chi connectivity index (χ4n) is 2.72. The Labute approximate surface area is 158 Å². The van der Waals surface area contributed by atoms with Crippen LogP contribution in [0.1, 0.15) is 0 Å². The molecule has 0 aliphatic rings. The SMILES string of the molecule is FC(F)(F)Oc1cccc(-c2ccc(-n3cc(-c4cccnc4)nn3)cc2)c1. The van der Waals surface area contributed by atoms with E-state index >= 15 is 0 Å². The summed E-state index contributed by atoms with van der Waals surface area (Å²) in [5.41, 5.74) is 3.68. The maximum absolute atomic E-state index is 12.4. The Morgan fingerprint density at radius 3 is 2.36 bits per heavy atom. The number of benzene rings is 2. The fourth-order valence-corrected chi connectivity index (χ4v) is 2.72. The Morgan fingerprint density at radius 2 is 1.64 bits per heavy atom. The van der Waals surface area contributed by atoms with Crippen LogP contribution in [0.3, 0.4) is 0 Å². The number of aromatic nitrogens is 4. The first kappa shape index (κ1) is 17.7. The molecule has 28 heavy (non-hydrogen) atoms. The van der Waals surface area contributed by atoms with Crippen molar-refractivity contribution in [3.63, 3.8) is 0 Å². The summed E-state index contributed by atoms with van der Waals surface area (Å²) >= 11 is 0. The van der Waals surface area contributed by atoms with Crippen LogP contribution in [0.2, 0.25) is 0 Å². The molecule has 0 spiro atoms. The molecule has 4 aromatic rings. The lowest BCUT2D eigenvalue weighted by molar-refractivity contribution is -0.274. The third-order valence-electron chi connectivity index (χ3n) is 3.98. The number of pyridine rings is 1. The van der Waals surface area contributed by atoms with Gasteiger partial charge >= 0.3 is 6.36 Å². The highest BCUT2D eigenvalue weighted by Crippen LogP contribution is 2.28. The van der Waals surface area contributed by atoms with E-state index in [1.807, 2.05) is 24.3 Å². The van der Waals surface area contributed by atoms with Crippen LogP contribution in [0.5, 0.6) is 5.75 Å². The van der Waals surface area contributed by atoms with Gasteiger partial charge in [0.05, 0.1) is 11.9 Å². The fraction of sp³-hybridized carbons (Fsp3) is 0.0500. The summed E-state index contributed by atoms with van der Waals surface area (Å²) in [6.45, 7) is 0. The van der Waals surface area contributed by atoms with Crippen molar-refractivity contribution >= 4 is 0 Å². The van der Waals surface area contributed by atoms with E-state index in [0.29, 0.717) is 11.3 Å². The maximum Gasteiger partial charge on any atom is 0.573 e. The first-order valence-electron chi connectivity index (χ1n) is 8.27. The van der Waals surface area contributed by atoms with Crippen LogP contribution in [0.4, 0.5) is 13.2 Å². The van der Waals surface area contributed by atoms with E-state index in [-0.39, 0.29) is 5.75 Å². The van der Waals surface area contributed by atoms with Gasteiger partial charge in [-0.25, -0.2) is 4.68 Å². The van der Waals surface area contributed by atoms with Crippen molar-refractivity contribution in [2.45, 2.75) is 6.36 Å². The van der Waals surface area contributed by atoms with Crippen molar-refractivity contribution in [2.75, 3.05) is 0 Å². The van der Waals surface area contributed by atoms with Crippen LogP contribution in [0, 0.1) is 0 Å². The summed E-state index contributed by atoms with van der Waals surface area (Å²) in [6, 6.07) is 16.8. The van der Waals surface area contributed by atoms with E-state index in [9.17, 15) is 13.2 Å². The molecule has 0 aliphatic carbocycles. The minimum absolute atomic E-state index is 0.258. The highest BCUT2D eigenvalue weighted by atomic mass is 19.4. The molecule has 5 nitrogen and oxygen atoms in total. The van der Waals surface area contributed by atoms with E-state index in [4.69, 9.17) is 0 Å². The molecule has 0 radical (unpaired) electrons. The number of halogens is 3. The van der Waals surface area contributed by atoms with Gasteiger partial charge in [-0.3, -0.25) is 4.98 Å². The number of rotatable bonds is 4. The van der Waals surface area contributed by atoms with Gasteiger partial charge in [0.2, 0.25) is 0 Å². The molecule has 140 valence electrons. The van der Waals surface area contributed by atoms with Crippen molar-refractivity contribution in [1.82, 2.24) is 20.0 Å². The second-order valence-corrected chi connectivity index (χ2v) is 5.91. The van der Waals surface area contributed by atoms with Crippen LogP contribution < -0.4 is 4.74 Å². The number of alkyl halides is 3. The predicted octanol–water partition coefficient (Wildman–Crippen LogP) is 4.89. The highest BCUT2D eigenvalue weighted by molar-refractivity contribution is 5.66. The average Bonchev–Trinajstić information content (AvgIpc) is 3.18. The molecular formula is C20H13F3N4O. The van der Waals surface area contributed by atoms with Gasteiger partial charge in [0.15, 0.2) is 0 Å². The lowest BCUT2D eigenvalue weighted by atomic mass is 10.1. The third-order valence-corrected chi connectivity index (χ3v) is 3.98. The quantitative estimate of drug-likeness (QED) is 0.504. The Morgan fingerprint density at radius 1 is 0.857 bits per heavy atom. The van der Waals surface area contributed by atoms with Gasteiger partial charge < -0.3 is 4.74 Å². The monoisotopic (exact) mass is 382 g/mol. The summed E-state index contributed by atoms with van der Waals surface area (Å²) in [4.78, 5) is 4.06. The van der Waals surface area contributed by atoms with Crippen LogP contribution >= 0.6 is 0 Å². The van der Waals surface area contributed by atoms with Crippen LogP contribution in [-0.4, -0.2) is 26.3 Å². The van der Waals surface area contributed by atoms with Gasteiger partial charge in [0, 0.05) is 18.0 Å². The number of nitrogens with zero attached hydrogens (tertiary/aromatic N) is 4. The predicted molar refractivity (Wildman–Crippen MR) is 96.7 cm³/mol. The van der Waals surface area contributed by atoms with Gasteiger partial charge in [-0.05, 0) is 47.5 Å². The lowest BCUT2D eigenvalue weighted by Crippen LogP contribution is -2.17. The van der Waals surface area contributed by atoms with E-state index in [1.165, 1.54) is 18.2 Å². The van der Waals surface area contributed by atoms with Crippen LogP contribution in [-0.2, 0) is 0 Å². The van der Waals surface area contributed by atoms with Crippen molar-refractivity contribution in [3.8, 4) is 33.8 Å². The molecule has 0 saturated carbocycles. The Kier molecular flexibility index (Phi) is 4.52. The summed E-state index contributed by atoms with van der Waals surface area (Å²) in [5, 5.41) is 8.25. The zero-order chi connectivity index (χ0) is 19.6. The molecular weight excluding hydrogens is 369 g/mol. The molecule has 0 N–H and O–H groups in total. The van der Waals surface area contributed by atoms with E-state index in [2.05, 4.69) is 20.0 Å². The summed E-state index contributed by atoms with van der Waals surface area (Å²) in [5.74, 6) is -0.258. The molecule has 0 unspecified atom stereocenters. The molecule has 2 aromatic heterocycles. The highest BCUT2D eigenvalue weighted by Gasteiger charge is 2.31. The Balaban J connectivity index is 1.57. The molecule has 0 saturated heterocycles. The molecule has 0 atom stereocenters. The first-order chi connectivity index (χ1) is 13.5. The molecule has 0 bridgehead atoms. The van der Waals surface area contributed by atoms with E-state index in [0.717, 1.165) is 16.8 Å². The maximum atomic E-state index is 12.4. The Bertz CT molecular complexity index is 1080. The van der Waals surface area contributed by atoms with E-state index < -0.39 is 6.36 Å². The second kappa shape index (κ2) is 7.15. The lowest BCUT2D eigenvalue weighted by Gasteiger charge is -2.10. The first-order valence-corrected chi connectivity index (χ1v) is 8.27. The normalized spacial score (nSPS) is 11.4. The molecule has 2 aromatic carbocycles. The van der Waals surface area contributed by atoms with Crippen molar-refractivity contribution in [1.29, 1.82) is 0 Å².